The summed E-state index contributed by atoms with van der Waals surface area (Å²) in [7, 11) is 2.22. The summed E-state index contributed by atoms with van der Waals surface area (Å²) in [5.41, 5.74) is 3.13. The maximum Gasteiger partial charge on any atom is 0.278 e. The SMILES string of the molecule is C=CCn1c(=O)c2cnc(Nc3ccc(N4CC5CC(C4)N5C)cc3)nc2n1-c1ccc2cnn(CC)c2n1. The minimum Gasteiger partial charge on any atom is -0.368 e. The molecule has 8 rings (SSSR count). The van der Waals surface area contributed by atoms with Gasteiger partial charge in [0.2, 0.25) is 5.95 Å². The van der Waals surface area contributed by atoms with Gasteiger partial charge in [-0.3, -0.25) is 9.69 Å². The van der Waals surface area contributed by atoms with Gasteiger partial charge in [-0.15, -0.1) is 6.58 Å². The molecular weight excluding hydrogens is 492 g/mol. The molecule has 2 bridgehead atoms. The van der Waals surface area contributed by atoms with Crippen molar-refractivity contribution >= 4 is 39.4 Å². The number of aryl methyl sites for hydroxylation is 1. The molecule has 0 aliphatic carbocycles. The maximum absolute atomic E-state index is 13.3. The van der Waals surface area contributed by atoms with Crippen LogP contribution in [0.2, 0.25) is 0 Å². The standard InChI is InChI=1S/C28H30N10O/c1-4-12-37-27(39)23-15-29-28(31-19-7-9-20(10-8-19)35-16-21-13-22(17-35)34(21)3)33-26(23)38(37)24-11-6-18-14-30-36(5-2)25(18)32-24/h4,6-11,14-15,21-22H,1,5,12-13,16-17H2,2-3H3,(H,29,31,33). The molecule has 3 aliphatic rings. The Hall–Kier alpha value is -4.51. The smallest absolute Gasteiger partial charge is 0.278 e. The molecule has 0 radical (unpaired) electrons. The van der Waals surface area contributed by atoms with E-state index in [2.05, 4.69) is 51.0 Å². The van der Waals surface area contributed by atoms with Crippen LogP contribution < -0.4 is 15.8 Å². The van der Waals surface area contributed by atoms with Crippen molar-refractivity contribution in [1.82, 2.24) is 39.0 Å². The number of piperidine rings is 1. The van der Waals surface area contributed by atoms with Crippen LogP contribution in [0, 0.1) is 0 Å². The Labute approximate surface area is 225 Å². The molecule has 11 nitrogen and oxygen atoms in total. The van der Waals surface area contributed by atoms with E-state index >= 15 is 0 Å². The zero-order valence-electron chi connectivity index (χ0n) is 22.0. The quantitative estimate of drug-likeness (QED) is 0.325. The van der Waals surface area contributed by atoms with Crippen molar-refractivity contribution in [3.05, 3.63) is 71.8 Å². The average molecular weight is 523 g/mol. The van der Waals surface area contributed by atoms with Gasteiger partial charge in [-0.05, 0) is 56.8 Å². The normalized spacial score (nSPS) is 19.0. The largest absolute Gasteiger partial charge is 0.368 e. The third-order valence-electron chi connectivity index (χ3n) is 8.01. The van der Waals surface area contributed by atoms with Crippen LogP contribution in [-0.2, 0) is 13.1 Å². The number of hydrogen-bond donors (Lipinski definition) is 1. The predicted octanol–water partition coefficient (Wildman–Crippen LogP) is 3.17. The summed E-state index contributed by atoms with van der Waals surface area (Å²) in [6, 6.07) is 13.5. The summed E-state index contributed by atoms with van der Waals surface area (Å²) < 4.78 is 5.14. The highest BCUT2D eigenvalue weighted by molar-refractivity contribution is 5.79. The summed E-state index contributed by atoms with van der Waals surface area (Å²) in [4.78, 5) is 32.3. The fourth-order valence-electron chi connectivity index (χ4n) is 5.79. The number of anilines is 3. The van der Waals surface area contributed by atoms with Crippen LogP contribution in [0.4, 0.5) is 17.3 Å². The number of hydrogen-bond acceptors (Lipinski definition) is 8. The molecule has 198 valence electrons. The van der Waals surface area contributed by atoms with E-state index in [1.54, 1.807) is 27.8 Å². The second-order valence-corrected chi connectivity index (χ2v) is 10.2. The summed E-state index contributed by atoms with van der Waals surface area (Å²) in [6.07, 6.45) is 6.35. The number of fused-ring (bicyclic) bond motifs is 4. The van der Waals surface area contributed by atoms with Crippen LogP contribution in [0.15, 0.2) is 66.2 Å². The molecule has 3 saturated heterocycles. The Morgan fingerprint density at radius 2 is 1.85 bits per heavy atom. The highest BCUT2D eigenvalue weighted by Crippen LogP contribution is 2.33. The molecule has 11 heteroatoms. The second kappa shape index (κ2) is 9.05. The van der Waals surface area contributed by atoms with Gasteiger partial charge in [0, 0.05) is 54.7 Å². The molecule has 5 aromatic rings. The molecule has 0 saturated carbocycles. The Balaban J connectivity index is 1.23. The maximum atomic E-state index is 13.3. The highest BCUT2D eigenvalue weighted by Gasteiger charge is 2.42. The molecule has 2 atom stereocenters. The first-order valence-electron chi connectivity index (χ1n) is 13.3. The molecule has 0 spiro atoms. The lowest BCUT2D eigenvalue weighted by Gasteiger charge is -2.55. The van der Waals surface area contributed by atoms with Gasteiger partial charge in [-0.25, -0.2) is 24.0 Å². The van der Waals surface area contributed by atoms with Gasteiger partial charge in [0.1, 0.15) is 5.39 Å². The van der Waals surface area contributed by atoms with Crippen LogP contribution in [0.3, 0.4) is 0 Å². The number of nitrogens with one attached hydrogen (secondary N) is 1. The van der Waals surface area contributed by atoms with E-state index in [-0.39, 0.29) is 5.56 Å². The predicted molar refractivity (Wildman–Crippen MR) is 152 cm³/mol. The van der Waals surface area contributed by atoms with Gasteiger partial charge in [-0.1, -0.05) is 6.08 Å². The number of piperazine rings is 1. The van der Waals surface area contributed by atoms with Gasteiger partial charge in [0.25, 0.3) is 5.56 Å². The van der Waals surface area contributed by atoms with E-state index in [1.807, 2.05) is 35.9 Å². The molecule has 2 unspecified atom stereocenters. The van der Waals surface area contributed by atoms with Crippen molar-refractivity contribution in [1.29, 1.82) is 0 Å². The van der Waals surface area contributed by atoms with E-state index in [1.165, 1.54) is 12.1 Å². The third-order valence-corrected chi connectivity index (χ3v) is 8.01. The Morgan fingerprint density at radius 3 is 2.56 bits per heavy atom. The highest BCUT2D eigenvalue weighted by atomic mass is 16.1. The molecule has 4 aromatic heterocycles. The number of pyridine rings is 1. The molecule has 3 fully saturated rings. The molecule has 7 heterocycles. The summed E-state index contributed by atoms with van der Waals surface area (Å²) >= 11 is 0. The van der Waals surface area contributed by atoms with E-state index in [0.717, 1.165) is 29.8 Å². The lowest BCUT2D eigenvalue weighted by atomic mass is 9.88. The second-order valence-electron chi connectivity index (χ2n) is 10.2. The third kappa shape index (κ3) is 3.80. The van der Waals surface area contributed by atoms with Crippen LogP contribution in [0.25, 0.3) is 27.9 Å². The van der Waals surface area contributed by atoms with Crippen LogP contribution in [0.5, 0.6) is 0 Å². The van der Waals surface area contributed by atoms with E-state index in [9.17, 15) is 4.79 Å². The zero-order chi connectivity index (χ0) is 26.7. The van der Waals surface area contributed by atoms with Gasteiger partial charge >= 0.3 is 0 Å². The van der Waals surface area contributed by atoms with Gasteiger partial charge in [0.05, 0.1) is 12.7 Å². The minimum absolute atomic E-state index is 0.197. The number of rotatable bonds is 7. The molecular formula is C28H30N10O. The molecule has 1 aromatic carbocycles. The number of benzene rings is 1. The monoisotopic (exact) mass is 522 g/mol. The Bertz CT molecular complexity index is 1750. The van der Waals surface area contributed by atoms with Crippen molar-refractivity contribution in [2.24, 2.45) is 0 Å². The van der Waals surface area contributed by atoms with Gasteiger partial charge in [0.15, 0.2) is 17.1 Å². The topological polar surface area (TPSA) is 102 Å². The average Bonchev–Trinajstić information content (AvgIpc) is 3.51. The number of nitrogens with zero attached hydrogens (tertiary/aromatic N) is 9. The first kappa shape index (κ1) is 23.6. The van der Waals surface area contributed by atoms with Crippen molar-refractivity contribution < 1.29 is 0 Å². The minimum atomic E-state index is -0.197. The number of likely N-dealkylation sites (N-methyl/N-ethyl adjacent to an activating group) is 1. The molecule has 3 aliphatic heterocycles. The van der Waals surface area contributed by atoms with Crippen molar-refractivity contribution in [2.45, 2.75) is 38.5 Å². The summed E-state index contributed by atoms with van der Waals surface area (Å²) in [5.74, 6) is 0.978. The zero-order valence-corrected chi connectivity index (χ0v) is 22.0. The van der Waals surface area contributed by atoms with Crippen LogP contribution >= 0.6 is 0 Å². The van der Waals surface area contributed by atoms with E-state index < -0.39 is 0 Å². The van der Waals surface area contributed by atoms with Crippen molar-refractivity contribution in [2.75, 3.05) is 30.4 Å². The molecule has 1 N–H and O–H groups in total. The lowest BCUT2D eigenvalue weighted by molar-refractivity contribution is 0.0264. The summed E-state index contributed by atoms with van der Waals surface area (Å²) in [6.45, 7) is 8.98. The fourth-order valence-corrected chi connectivity index (χ4v) is 5.79. The fraction of sp³-hybridized carbons (Fsp3) is 0.321. The van der Waals surface area contributed by atoms with Crippen LogP contribution in [0.1, 0.15) is 13.3 Å². The Kier molecular flexibility index (Phi) is 5.48. The van der Waals surface area contributed by atoms with Gasteiger partial charge < -0.3 is 10.2 Å². The number of aromatic nitrogens is 7. The summed E-state index contributed by atoms with van der Waals surface area (Å²) in [5, 5.41) is 9.05. The lowest BCUT2D eigenvalue weighted by Crippen LogP contribution is -2.67. The number of allylic oxidation sites excluding steroid dienone is 1. The van der Waals surface area contributed by atoms with Gasteiger partial charge in [-0.2, -0.15) is 10.1 Å². The van der Waals surface area contributed by atoms with E-state index in [0.29, 0.717) is 48.0 Å². The first-order chi connectivity index (χ1) is 19.0. The molecule has 39 heavy (non-hydrogen) atoms. The Morgan fingerprint density at radius 1 is 1.05 bits per heavy atom. The first-order valence-corrected chi connectivity index (χ1v) is 13.3. The molecule has 0 amide bonds. The van der Waals surface area contributed by atoms with Crippen LogP contribution in [-0.4, -0.2) is 71.2 Å². The van der Waals surface area contributed by atoms with Crippen molar-refractivity contribution in [3.63, 3.8) is 0 Å². The van der Waals surface area contributed by atoms with Crippen molar-refractivity contribution in [3.8, 4) is 5.82 Å². The van der Waals surface area contributed by atoms with E-state index in [4.69, 9.17) is 9.97 Å².